The van der Waals surface area contributed by atoms with Crippen molar-refractivity contribution in [3.63, 3.8) is 0 Å². The molecule has 1 aromatic carbocycles. The van der Waals surface area contributed by atoms with Crippen LogP contribution in [0.25, 0.3) is 0 Å². The third kappa shape index (κ3) is 7.93. The Bertz CT molecular complexity index is 1390. The molecular weight excluding hydrogens is 531 g/mol. The molecule has 3 heterocycles. The molecule has 1 amide bonds. The number of fused-ring (bicyclic) bond motifs is 1. The number of hydrogen-bond donors (Lipinski definition) is 3. The van der Waals surface area contributed by atoms with Crippen molar-refractivity contribution < 1.29 is 18.0 Å². The molecule has 1 aliphatic rings. The number of alkyl halides is 3. The van der Waals surface area contributed by atoms with Gasteiger partial charge in [-0.15, -0.1) is 0 Å². The van der Waals surface area contributed by atoms with Crippen LogP contribution in [0.4, 0.5) is 36.3 Å². The number of carbonyl (C=O) groups is 1. The molecule has 3 aromatic rings. The van der Waals surface area contributed by atoms with E-state index >= 15 is 0 Å². The van der Waals surface area contributed by atoms with E-state index in [2.05, 4.69) is 51.7 Å². The van der Waals surface area contributed by atoms with Crippen molar-refractivity contribution in [1.29, 1.82) is 0 Å². The molecule has 41 heavy (non-hydrogen) atoms. The SMILES string of the molecule is CC(C)NC(=O)c1cnc(Nc2ccc3c(c2)CN(CC(C)C(F)(F)F)CC3)nc1Nc1ccnc(C(C)(C)C)c1. The zero-order valence-corrected chi connectivity index (χ0v) is 24.4. The summed E-state index contributed by atoms with van der Waals surface area (Å²) in [6.45, 7) is 12.2. The summed E-state index contributed by atoms with van der Waals surface area (Å²) < 4.78 is 39.3. The minimum Gasteiger partial charge on any atom is -0.350 e. The van der Waals surface area contributed by atoms with Crippen LogP contribution in [0.3, 0.4) is 0 Å². The number of rotatable bonds is 8. The number of anilines is 4. The molecule has 0 aliphatic carbocycles. The standard InChI is InChI=1S/C30H38F3N7O/c1-18(2)36-27(41)24-15-35-28(39-26(24)37-23-9-11-34-25(14-23)29(4,5)6)38-22-8-7-20-10-12-40(17-21(20)13-22)16-19(3)30(31,32)33/h7-9,11,13-15,18-19H,10,12,16-17H2,1-6H3,(H,36,41)(H2,34,35,37,38,39). The first kappa shape index (κ1) is 30.2. The van der Waals surface area contributed by atoms with Gasteiger partial charge in [0.05, 0.1) is 5.92 Å². The van der Waals surface area contributed by atoms with Crippen molar-refractivity contribution in [2.24, 2.45) is 5.92 Å². The first-order valence-electron chi connectivity index (χ1n) is 13.8. The highest BCUT2D eigenvalue weighted by Crippen LogP contribution is 2.30. The van der Waals surface area contributed by atoms with E-state index in [4.69, 9.17) is 0 Å². The number of nitrogens with one attached hydrogen (secondary N) is 3. The van der Waals surface area contributed by atoms with Crippen LogP contribution in [0.15, 0.2) is 42.7 Å². The van der Waals surface area contributed by atoms with Gasteiger partial charge in [-0.1, -0.05) is 33.8 Å². The van der Waals surface area contributed by atoms with Crippen LogP contribution in [-0.2, 0) is 18.4 Å². The summed E-state index contributed by atoms with van der Waals surface area (Å²) in [5.41, 5.74) is 4.53. The van der Waals surface area contributed by atoms with Crippen LogP contribution < -0.4 is 16.0 Å². The monoisotopic (exact) mass is 569 g/mol. The average Bonchev–Trinajstić information content (AvgIpc) is 2.87. The molecule has 11 heteroatoms. The van der Waals surface area contributed by atoms with Crippen molar-refractivity contribution in [2.75, 3.05) is 23.7 Å². The van der Waals surface area contributed by atoms with Crippen LogP contribution in [0.5, 0.6) is 0 Å². The predicted molar refractivity (Wildman–Crippen MR) is 155 cm³/mol. The van der Waals surface area contributed by atoms with E-state index in [0.29, 0.717) is 36.6 Å². The van der Waals surface area contributed by atoms with Crippen molar-refractivity contribution >= 4 is 29.0 Å². The Labute approximate surface area is 239 Å². The third-order valence-corrected chi connectivity index (χ3v) is 6.89. The Morgan fingerprint density at radius 3 is 2.41 bits per heavy atom. The van der Waals surface area contributed by atoms with E-state index in [1.807, 2.05) is 49.1 Å². The topological polar surface area (TPSA) is 95.1 Å². The Morgan fingerprint density at radius 1 is 1.00 bits per heavy atom. The number of carbonyl (C=O) groups excluding carboxylic acids is 1. The van der Waals surface area contributed by atoms with E-state index in [1.165, 1.54) is 13.1 Å². The normalized spacial score (nSPS) is 14.9. The van der Waals surface area contributed by atoms with Gasteiger partial charge in [-0.3, -0.25) is 14.7 Å². The van der Waals surface area contributed by atoms with Crippen LogP contribution in [0.2, 0.25) is 0 Å². The molecule has 0 saturated carbocycles. The molecule has 0 fully saturated rings. The fourth-order valence-corrected chi connectivity index (χ4v) is 4.57. The fraction of sp³-hybridized carbons (Fsp3) is 0.467. The van der Waals surface area contributed by atoms with Gasteiger partial charge in [-0.05, 0) is 55.7 Å². The zero-order valence-electron chi connectivity index (χ0n) is 24.4. The van der Waals surface area contributed by atoms with Crippen LogP contribution >= 0.6 is 0 Å². The Hall–Kier alpha value is -3.73. The smallest absolute Gasteiger partial charge is 0.350 e. The summed E-state index contributed by atoms with van der Waals surface area (Å²) in [6.07, 6.45) is -0.342. The molecule has 1 aliphatic heterocycles. The maximum absolute atomic E-state index is 13.1. The molecule has 0 saturated heterocycles. The van der Waals surface area contributed by atoms with E-state index in [-0.39, 0.29) is 29.9 Å². The van der Waals surface area contributed by atoms with E-state index in [1.54, 1.807) is 6.20 Å². The molecule has 2 aromatic heterocycles. The second-order valence-electron chi connectivity index (χ2n) is 11.9. The zero-order chi connectivity index (χ0) is 29.9. The molecule has 220 valence electrons. The molecule has 3 N–H and O–H groups in total. The molecule has 1 unspecified atom stereocenters. The maximum Gasteiger partial charge on any atom is 0.392 e. The van der Waals surface area contributed by atoms with Gasteiger partial charge in [0.1, 0.15) is 11.4 Å². The van der Waals surface area contributed by atoms with Gasteiger partial charge in [0.15, 0.2) is 0 Å². The van der Waals surface area contributed by atoms with Crippen molar-refractivity contribution in [2.45, 2.75) is 72.1 Å². The molecule has 0 radical (unpaired) electrons. The van der Waals surface area contributed by atoms with Gasteiger partial charge in [0, 0.05) is 60.6 Å². The van der Waals surface area contributed by atoms with Gasteiger partial charge in [-0.25, -0.2) is 4.98 Å². The summed E-state index contributed by atoms with van der Waals surface area (Å²) >= 11 is 0. The highest BCUT2D eigenvalue weighted by atomic mass is 19.4. The number of halogens is 3. The van der Waals surface area contributed by atoms with Gasteiger partial charge in [0.2, 0.25) is 5.95 Å². The average molecular weight is 570 g/mol. The highest BCUT2D eigenvalue weighted by Gasteiger charge is 2.37. The van der Waals surface area contributed by atoms with Gasteiger partial charge >= 0.3 is 6.18 Å². The van der Waals surface area contributed by atoms with Gasteiger partial charge < -0.3 is 16.0 Å². The Balaban J connectivity index is 1.58. The minimum absolute atomic E-state index is 0.0371. The second kappa shape index (κ2) is 12.0. The van der Waals surface area contributed by atoms with Crippen LogP contribution in [0, 0.1) is 5.92 Å². The first-order chi connectivity index (χ1) is 19.2. The lowest BCUT2D eigenvalue weighted by atomic mass is 9.91. The van der Waals surface area contributed by atoms with E-state index < -0.39 is 12.1 Å². The fourth-order valence-electron chi connectivity index (χ4n) is 4.57. The first-order valence-corrected chi connectivity index (χ1v) is 13.8. The summed E-state index contributed by atoms with van der Waals surface area (Å²) in [5.74, 6) is -1.09. The Morgan fingerprint density at radius 2 is 1.73 bits per heavy atom. The summed E-state index contributed by atoms with van der Waals surface area (Å²) in [7, 11) is 0. The maximum atomic E-state index is 13.1. The predicted octanol–water partition coefficient (Wildman–Crippen LogP) is 6.35. The summed E-state index contributed by atoms with van der Waals surface area (Å²) in [6, 6.07) is 9.47. The number of nitrogens with zero attached hydrogens (tertiary/aromatic N) is 4. The van der Waals surface area contributed by atoms with E-state index in [9.17, 15) is 18.0 Å². The second-order valence-corrected chi connectivity index (χ2v) is 11.9. The largest absolute Gasteiger partial charge is 0.392 e. The number of benzene rings is 1. The highest BCUT2D eigenvalue weighted by molar-refractivity contribution is 5.99. The van der Waals surface area contributed by atoms with Gasteiger partial charge in [-0.2, -0.15) is 18.2 Å². The van der Waals surface area contributed by atoms with Gasteiger partial charge in [0.25, 0.3) is 5.91 Å². The number of hydrogen-bond acceptors (Lipinski definition) is 7. The third-order valence-electron chi connectivity index (χ3n) is 6.89. The van der Waals surface area contributed by atoms with E-state index in [0.717, 1.165) is 22.5 Å². The molecule has 4 rings (SSSR count). The van der Waals surface area contributed by atoms with Crippen molar-refractivity contribution in [3.05, 3.63) is 65.1 Å². The molecule has 8 nitrogen and oxygen atoms in total. The minimum atomic E-state index is -4.21. The number of pyridine rings is 1. The summed E-state index contributed by atoms with van der Waals surface area (Å²) in [4.78, 5) is 28.3. The van der Waals surface area contributed by atoms with Crippen molar-refractivity contribution in [1.82, 2.24) is 25.2 Å². The lowest BCUT2D eigenvalue weighted by Gasteiger charge is -2.31. The Kier molecular flexibility index (Phi) is 8.86. The lowest BCUT2D eigenvalue weighted by Crippen LogP contribution is -2.38. The molecule has 0 bridgehead atoms. The summed E-state index contributed by atoms with van der Waals surface area (Å²) in [5, 5.41) is 9.34. The van der Waals surface area contributed by atoms with Crippen LogP contribution in [-0.4, -0.2) is 51.1 Å². The lowest BCUT2D eigenvalue weighted by molar-refractivity contribution is -0.174. The molecular formula is C30H38F3N7O. The van der Waals surface area contributed by atoms with Crippen LogP contribution in [0.1, 0.15) is 68.7 Å². The molecule has 1 atom stereocenters. The van der Waals surface area contributed by atoms with Crippen molar-refractivity contribution in [3.8, 4) is 0 Å². The number of aromatic nitrogens is 3. The quantitative estimate of drug-likeness (QED) is 0.291. The molecule has 0 spiro atoms. The number of amides is 1.